The van der Waals surface area contributed by atoms with Gasteiger partial charge in [0.1, 0.15) is 0 Å². The second-order valence-corrected chi connectivity index (χ2v) is 9.86. The fraction of sp³-hybridized carbons (Fsp3) is 0.103. The van der Waals surface area contributed by atoms with Crippen LogP contribution in [0.3, 0.4) is 0 Å². The summed E-state index contributed by atoms with van der Waals surface area (Å²) >= 11 is 12.3. The highest BCUT2D eigenvalue weighted by Gasteiger charge is 2.47. The van der Waals surface area contributed by atoms with E-state index >= 15 is 0 Å². The summed E-state index contributed by atoms with van der Waals surface area (Å²) in [5, 5.41) is 13.4. The summed E-state index contributed by atoms with van der Waals surface area (Å²) in [6, 6.07) is 18.1. The first-order valence-corrected chi connectivity index (χ1v) is 12.4. The third-order valence-electron chi connectivity index (χ3n) is 6.77. The van der Waals surface area contributed by atoms with Crippen LogP contribution in [0.4, 0.5) is 5.69 Å². The number of methoxy groups -OCH3 is 1. The number of H-pyrrole nitrogens is 1. The Morgan fingerprint density at radius 3 is 2.53 bits per heavy atom. The van der Waals surface area contributed by atoms with Gasteiger partial charge in [-0.3, -0.25) is 14.5 Å². The number of carbonyl (C=O) groups is 2. The smallest absolute Gasteiger partial charge is 0.294 e. The van der Waals surface area contributed by atoms with E-state index < -0.39 is 23.5 Å². The second kappa shape index (κ2) is 8.97. The number of aryl methyl sites for hydroxylation is 1. The summed E-state index contributed by atoms with van der Waals surface area (Å²) in [4.78, 5) is 32.3. The summed E-state index contributed by atoms with van der Waals surface area (Å²) in [6.45, 7) is 1.87. The van der Waals surface area contributed by atoms with E-state index in [1.165, 1.54) is 18.1 Å². The van der Waals surface area contributed by atoms with Gasteiger partial charge in [0.25, 0.3) is 5.91 Å². The lowest BCUT2D eigenvalue weighted by molar-refractivity contribution is -0.117. The number of anilines is 1. The maximum Gasteiger partial charge on any atom is 0.294 e. The van der Waals surface area contributed by atoms with Gasteiger partial charge in [-0.05, 0) is 49.4 Å². The molecule has 38 heavy (non-hydrogen) atoms. The first-order valence-electron chi connectivity index (χ1n) is 11.7. The normalized spacial score (nSPS) is 15.7. The Kier molecular flexibility index (Phi) is 5.70. The molecule has 3 heterocycles. The van der Waals surface area contributed by atoms with Crippen molar-refractivity contribution >= 4 is 62.5 Å². The van der Waals surface area contributed by atoms with E-state index in [-0.39, 0.29) is 11.3 Å². The van der Waals surface area contributed by atoms with Crippen LogP contribution in [0.15, 0.2) is 82.5 Å². The molecule has 5 aromatic rings. The summed E-state index contributed by atoms with van der Waals surface area (Å²) in [5.41, 5.74) is 2.99. The Morgan fingerprint density at radius 1 is 1.05 bits per heavy atom. The van der Waals surface area contributed by atoms with Crippen molar-refractivity contribution in [2.24, 2.45) is 0 Å². The van der Waals surface area contributed by atoms with E-state index in [0.717, 1.165) is 16.6 Å². The molecule has 7 nitrogen and oxygen atoms in total. The number of furan rings is 1. The first-order chi connectivity index (χ1) is 18.3. The zero-order valence-electron chi connectivity index (χ0n) is 20.2. The van der Waals surface area contributed by atoms with Gasteiger partial charge in [-0.25, -0.2) is 0 Å². The van der Waals surface area contributed by atoms with Crippen molar-refractivity contribution in [2.75, 3.05) is 12.0 Å². The molecule has 0 spiro atoms. The fourth-order valence-corrected chi connectivity index (χ4v) is 5.45. The van der Waals surface area contributed by atoms with E-state index in [1.54, 1.807) is 36.4 Å². The number of ether oxygens (including phenoxy) is 1. The monoisotopic (exact) mass is 546 g/mol. The molecule has 0 bridgehead atoms. The molecule has 6 rings (SSSR count). The number of benzene rings is 3. The molecule has 0 aliphatic carbocycles. The maximum absolute atomic E-state index is 14.0. The second-order valence-electron chi connectivity index (χ2n) is 8.99. The van der Waals surface area contributed by atoms with Crippen molar-refractivity contribution in [3.05, 3.63) is 105 Å². The van der Waals surface area contributed by atoms with Crippen LogP contribution in [0.2, 0.25) is 10.0 Å². The van der Waals surface area contributed by atoms with Gasteiger partial charge in [-0.1, -0.05) is 41.4 Å². The molecule has 0 fully saturated rings. The number of aliphatic hydroxyl groups is 1. The number of rotatable bonds is 5. The molecule has 1 aliphatic rings. The number of carbonyl (C=O) groups excluding carboxylic acids is 2. The number of fused-ring (bicyclic) bond motifs is 2. The van der Waals surface area contributed by atoms with Crippen LogP contribution in [0.1, 0.15) is 27.9 Å². The molecule has 0 saturated carbocycles. The van der Waals surface area contributed by atoms with E-state index in [0.29, 0.717) is 38.0 Å². The molecular formula is C29H20Cl2N2O5. The Balaban J connectivity index is 1.57. The lowest BCUT2D eigenvalue weighted by Gasteiger charge is -2.27. The molecule has 3 aromatic carbocycles. The van der Waals surface area contributed by atoms with Crippen molar-refractivity contribution in [2.45, 2.75) is 13.0 Å². The number of nitrogens with one attached hydrogen (secondary N) is 1. The molecule has 0 radical (unpaired) electrons. The van der Waals surface area contributed by atoms with Crippen LogP contribution < -0.4 is 9.64 Å². The average Bonchev–Trinajstić information content (AvgIpc) is 3.55. The lowest BCUT2D eigenvalue weighted by Crippen LogP contribution is -2.31. The van der Waals surface area contributed by atoms with Crippen LogP contribution >= 0.6 is 23.2 Å². The molecule has 1 amide bonds. The quantitative estimate of drug-likeness (QED) is 0.225. The Morgan fingerprint density at radius 2 is 1.79 bits per heavy atom. The van der Waals surface area contributed by atoms with Gasteiger partial charge in [0.15, 0.2) is 22.9 Å². The average molecular weight is 547 g/mol. The first kappa shape index (κ1) is 24.2. The molecule has 9 heteroatoms. The van der Waals surface area contributed by atoms with E-state index in [1.807, 2.05) is 31.2 Å². The number of ketones is 1. The molecule has 0 saturated heterocycles. The topological polar surface area (TPSA) is 95.8 Å². The molecule has 1 atom stereocenters. The highest BCUT2D eigenvalue weighted by molar-refractivity contribution is 6.32. The summed E-state index contributed by atoms with van der Waals surface area (Å²) in [6.07, 6.45) is 0. The predicted molar refractivity (Wildman–Crippen MR) is 146 cm³/mol. The summed E-state index contributed by atoms with van der Waals surface area (Å²) in [5.74, 6) is -1.68. The SMILES string of the molecule is COc1cc(Cl)cc2cc(C(=O)C3=C(O)C(=O)N(c4ccc(Cl)cc4)C3c3c(C)[nH]c4ccccc34)oc12. The van der Waals surface area contributed by atoms with Gasteiger partial charge in [-0.15, -0.1) is 0 Å². The van der Waals surface area contributed by atoms with Gasteiger partial charge >= 0.3 is 0 Å². The van der Waals surface area contributed by atoms with E-state index in [4.69, 9.17) is 32.4 Å². The minimum Gasteiger partial charge on any atom is -0.503 e. The third kappa shape index (κ3) is 3.66. The summed E-state index contributed by atoms with van der Waals surface area (Å²) < 4.78 is 11.3. The number of hydrogen-bond donors (Lipinski definition) is 2. The number of amides is 1. The predicted octanol–water partition coefficient (Wildman–Crippen LogP) is 7.32. The highest BCUT2D eigenvalue weighted by atomic mass is 35.5. The van der Waals surface area contributed by atoms with Crippen LogP contribution in [0, 0.1) is 6.92 Å². The standard InChI is InChI=1S/C29H20Cl2N2O5/c1-14-23(19-5-3-4-6-20(19)32-14)25-24(27(35)29(36)33(25)18-9-7-16(30)8-10-18)26(34)21-12-15-11-17(31)13-22(37-2)28(15)38-21/h3-13,25,32,35H,1-2H3. The lowest BCUT2D eigenvalue weighted by atomic mass is 9.92. The zero-order valence-corrected chi connectivity index (χ0v) is 21.7. The Hall–Kier alpha value is -4.20. The van der Waals surface area contributed by atoms with E-state index in [9.17, 15) is 14.7 Å². The minimum atomic E-state index is -0.939. The number of Topliss-reactive ketones (excluding diaryl/α,β-unsaturated/α-hetero) is 1. The number of hydrogen-bond acceptors (Lipinski definition) is 5. The van der Waals surface area contributed by atoms with Crippen LogP contribution in [-0.4, -0.2) is 28.9 Å². The van der Waals surface area contributed by atoms with Gasteiger partial charge in [0.05, 0.1) is 18.7 Å². The number of aromatic nitrogens is 1. The van der Waals surface area contributed by atoms with Crippen LogP contribution in [0.5, 0.6) is 5.75 Å². The number of halogens is 2. The molecule has 1 unspecified atom stereocenters. The van der Waals surface area contributed by atoms with E-state index in [2.05, 4.69) is 4.98 Å². The summed E-state index contributed by atoms with van der Waals surface area (Å²) in [7, 11) is 1.47. The Labute approximate surface area is 226 Å². The number of aliphatic hydroxyl groups excluding tert-OH is 1. The van der Waals surface area contributed by atoms with Crippen LogP contribution in [0.25, 0.3) is 21.9 Å². The van der Waals surface area contributed by atoms with Gasteiger partial charge in [0.2, 0.25) is 5.78 Å². The van der Waals surface area contributed by atoms with Gasteiger partial charge in [0, 0.05) is 49.3 Å². The van der Waals surface area contributed by atoms with Crippen molar-refractivity contribution in [3.8, 4) is 5.75 Å². The molecule has 2 N–H and O–H groups in total. The maximum atomic E-state index is 14.0. The van der Waals surface area contributed by atoms with Crippen molar-refractivity contribution in [1.29, 1.82) is 0 Å². The third-order valence-corrected chi connectivity index (χ3v) is 7.24. The highest BCUT2D eigenvalue weighted by Crippen LogP contribution is 2.46. The molecular weight excluding hydrogens is 527 g/mol. The number of aromatic amines is 1. The van der Waals surface area contributed by atoms with Gasteiger partial charge < -0.3 is 19.2 Å². The fourth-order valence-electron chi connectivity index (χ4n) is 5.11. The van der Waals surface area contributed by atoms with Crippen LogP contribution in [-0.2, 0) is 4.79 Å². The molecule has 2 aromatic heterocycles. The number of nitrogens with zero attached hydrogens (tertiary/aromatic N) is 1. The van der Waals surface area contributed by atoms with Crippen molar-refractivity contribution in [1.82, 2.24) is 4.98 Å². The number of para-hydroxylation sites is 1. The van der Waals surface area contributed by atoms with Crippen molar-refractivity contribution in [3.63, 3.8) is 0 Å². The molecule has 190 valence electrons. The zero-order chi connectivity index (χ0) is 26.7. The minimum absolute atomic E-state index is 0.0598. The molecule has 1 aliphatic heterocycles. The largest absolute Gasteiger partial charge is 0.503 e. The van der Waals surface area contributed by atoms with Crippen molar-refractivity contribution < 1.29 is 23.8 Å². The Bertz CT molecular complexity index is 1800. The van der Waals surface area contributed by atoms with Gasteiger partial charge in [-0.2, -0.15) is 0 Å².